The third kappa shape index (κ3) is 0.185. The Balaban J connectivity index is 2.94. The van der Waals surface area contributed by atoms with Crippen molar-refractivity contribution in [3.05, 3.63) is 12.3 Å². The summed E-state index contributed by atoms with van der Waals surface area (Å²) in [6, 6.07) is 0. The van der Waals surface area contributed by atoms with Gasteiger partial charge >= 0.3 is 18.1 Å². The van der Waals surface area contributed by atoms with Crippen molar-refractivity contribution in [1.29, 1.82) is 0 Å². The lowest BCUT2D eigenvalue weighted by Gasteiger charge is -1.81. The van der Waals surface area contributed by atoms with Crippen LogP contribution in [0.2, 0.25) is 0 Å². The molecule has 6 heavy (non-hydrogen) atoms. The number of nitrogens with zero attached hydrogens (tertiary/aromatic N) is 1. The number of ketones is 1. The molecular weight excluding hydrogens is 78.0 g/mol. The van der Waals surface area contributed by atoms with Crippen molar-refractivity contribution >= 4 is 12.0 Å². The van der Waals surface area contributed by atoms with E-state index in [0.29, 0.717) is 0 Å². The van der Waals surface area contributed by atoms with Crippen molar-refractivity contribution in [2.24, 2.45) is 4.99 Å². The Hall–Kier alpha value is -1.01. The molecule has 1 aliphatic heterocycles. The molecule has 1 rings (SSSR count). The molecule has 0 fully saturated rings. The molecule has 0 atom stereocenters. The van der Waals surface area contributed by atoms with E-state index in [1.165, 1.54) is 0 Å². The second-order valence-electron chi connectivity index (χ2n) is 0.971. The quantitative estimate of drug-likeness (QED) is 0.293. The molecule has 27 valence electrons. The predicted octanol–water partition coefficient (Wildman–Crippen LogP) is -0.166. The summed E-state index contributed by atoms with van der Waals surface area (Å²) in [5.41, 5.74) is -0.130. The van der Waals surface area contributed by atoms with Gasteiger partial charge in [0.05, 0.1) is 0 Å². The van der Waals surface area contributed by atoms with Gasteiger partial charge in [0.15, 0.2) is 6.21 Å². The lowest BCUT2D eigenvalue weighted by molar-refractivity contribution is -0.110. The summed E-state index contributed by atoms with van der Waals surface area (Å²) in [4.78, 5) is 13.1. The van der Waals surface area contributed by atoms with Gasteiger partial charge in [0.1, 0.15) is 0 Å². The molecule has 0 N–H and O–H groups in total. The first-order valence-corrected chi connectivity index (χ1v) is 1.47. The summed E-state index contributed by atoms with van der Waals surface area (Å²) in [6.07, 6.45) is 1.13. The van der Waals surface area contributed by atoms with E-state index in [0.717, 1.165) is 6.21 Å². The molecule has 0 saturated carbocycles. The minimum absolute atomic E-state index is 0.130. The highest BCUT2D eigenvalue weighted by molar-refractivity contribution is 6.40. The van der Waals surface area contributed by atoms with Gasteiger partial charge in [-0.1, -0.05) is 0 Å². The smallest absolute Gasteiger partial charge is 0.175 e. The zero-order chi connectivity index (χ0) is 4.57. The van der Waals surface area contributed by atoms with Crippen molar-refractivity contribution in [3.8, 4) is 0 Å². The standard InChI is InChI=1S/C4HNO/c1-3-4(6)2-5-3/h2H/q+1. The Morgan fingerprint density at radius 3 is 2.33 bits per heavy atom. The van der Waals surface area contributed by atoms with E-state index in [9.17, 15) is 4.79 Å². The summed E-state index contributed by atoms with van der Waals surface area (Å²) in [6.45, 7) is 6.49. The van der Waals surface area contributed by atoms with Crippen LogP contribution in [0.4, 0.5) is 0 Å². The number of allylic oxidation sites excluding steroid dienone is 1. The minimum Gasteiger partial charge on any atom is -0.175 e. The fourth-order valence-electron chi connectivity index (χ4n) is 0.182. The van der Waals surface area contributed by atoms with Crippen LogP contribution in [-0.2, 0) is 4.79 Å². The third-order valence-electron chi connectivity index (χ3n) is 0.544. The molecule has 0 aromatic carbocycles. The Bertz CT molecular complexity index is 118. The largest absolute Gasteiger partial charge is 0.376 e. The first-order chi connectivity index (χ1) is 2.80. The molecule has 1 aliphatic rings. The van der Waals surface area contributed by atoms with Gasteiger partial charge in [-0.05, 0) is 0 Å². The van der Waals surface area contributed by atoms with Gasteiger partial charge in [0, 0.05) is 0 Å². The SMILES string of the molecule is [C+]=C1N=CC1=O. The third-order valence-corrected chi connectivity index (χ3v) is 0.544. The van der Waals surface area contributed by atoms with Crippen molar-refractivity contribution < 1.29 is 4.79 Å². The number of Topliss-reactive ketones (excluding diaryl/α,β-unsaturated/α-hetero) is 1. The van der Waals surface area contributed by atoms with E-state index >= 15 is 0 Å². The van der Waals surface area contributed by atoms with Crippen LogP contribution in [0.3, 0.4) is 0 Å². The maximum atomic E-state index is 9.86. The highest BCUT2D eigenvalue weighted by Crippen LogP contribution is 1.99. The number of hydrogen-bond donors (Lipinski definition) is 0. The molecule has 0 aromatic rings. The van der Waals surface area contributed by atoms with Crippen molar-refractivity contribution in [1.82, 2.24) is 0 Å². The molecule has 1 radical (unpaired) electrons. The number of rotatable bonds is 0. The topological polar surface area (TPSA) is 29.4 Å². The van der Waals surface area contributed by atoms with Crippen molar-refractivity contribution in [2.75, 3.05) is 0 Å². The molecule has 0 spiro atoms. The lowest BCUT2D eigenvalue weighted by Crippen LogP contribution is -2.10. The van der Waals surface area contributed by atoms with Crippen LogP contribution in [0.5, 0.6) is 0 Å². The molecule has 0 saturated heterocycles. The maximum Gasteiger partial charge on any atom is 0.376 e. The molecule has 0 unspecified atom stereocenters. The van der Waals surface area contributed by atoms with E-state index in [2.05, 4.69) is 4.99 Å². The highest BCUT2D eigenvalue weighted by Gasteiger charge is 2.26. The average molecular weight is 79.1 g/mol. The van der Waals surface area contributed by atoms with E-state index in [4.69, 9.17) is 6.58 Å². The molecule has 0 aliphatic carbocycles. The second kappa shape index (κ2) is 0.730. The van der Waals surface area contributed by atoms with Crippen LogP contribution >= 0.6 is 0 Å². The first-order valence-electron chi connectivity index (χ1n) is 1.47. The average Bonchev–Trinajstić information content (AvgIpc) is 1.61. The fraction of sp³-hybridized carbons (Fsp3) is 0. The van der Waals surface area contributed by atoms with E-state index in [1.54, 1.807) is 0 Å². The molecule has 2 heteroatoms. The van der Waals surface area contributed by atoms with Gasteiger partial charge in [-0.25, -0.2) is 0 Å². The second-order valence-corrected chi connectivity index (χ2v) is 0.971. The van der Waals surface area contributed by atoms with Crippen LogP contribution in [-0.4, -0.2) is 12.0 Å². The van der Waals surface area contributed by atoms with Gasteiger partial charge in [0.25, 0.3) is 0 Å². The predicted molar refractivity (Wildman–Crippen MR) is 20.3 cm³/mol. The molecule has 0 bridgehead atoms. The monoisotopic (exact) mass is 79.0 g/mol. The van der Waals surface area contributed by atoms with Gasteiger partial charge in [-0.2, -0.15) is 9.79 Å². The summed E-state index contributed by atoms with van der Waals surface area (Å²) >= 11 is 0. The van der Waals surface area contributed by atoms with Crippen LogP contribution in [0, 0.1) is 6.58 Å². The molecule has 0 aromatic heterocycles. The van der Waals surface area contributed by atoms with Crippen LogP contribution in [0.15, 0.2) is 10.7 Å². The Morgan fingerprint density at radius 2 is 2.33 bits per heavy atom. The van der Waals surface area contributed by atoms with Gasteiger partial charge in [0.2, 0.25) is 0 Å². The summed E-state index contributed by atoms with van der Waals surface area (Å²) < 4.78 is 0. The van der Waals surface area contributed by atoms with Crippen molar-refractivity contribution in [3.63, 3.8) is 0 Å². The van der Waals surface area contributed by atoms with Gasteiger partial charge in [-0.15, -0.1) is 0 Å². The van der Waals surface area contributed by atoms with Crippen molar-refractivity contribution in [2.45, 2.75) is 0 Å². The minimum atomic E-state index is -0.269. The molecular formula is C4HNO+. The van der Waals surface area contributed by atoms with Gasteiger partial charge < -0.3 is 0 Å². The Morgan fingerprint density at radius 1 is 1.83 bits per heavy atom. The van der Waals surface area contributed by atoms with E-state index < -0.39 is 0 Å². The zero-order valence-electron chi connectivity index (χ0n) is 2.93. The molecule has 0 amide bonds. The number of aliphatic imine (C=N–C) groups is 1. The zero-order valence-corrected chi connectivity index (χ0v) is 2.93. The molecule has 2 nitrogen and oxygen atoms in total. The van der Waals surface area contributed by atoms with E-state index in [-0.39, 0.29) is 11.5 Å². The Kier molecular flexibility index (Phi) is 0.388. The number of carbonyl (C=O) groups excluding carboxylic acids is 1. The van der Waals surface area contributed by atoms with Gasteiger partial charge in [-0.3, -0.25) is 0 Å². The summed E-state index contributed by atoms with van der Waals surface area (Å²) in [5, 5.41) is 0. The summed E-state index contributed by atoms with van der Waals surface area (Å²) in [5.74, 6) is -0.269. The fourth-order valence-corrected chi connectivity index (χ4v) is 0.182. The number of hydrogen-bond acceptors (Lipinski definition) is 2. The Labute approximate surface area is 35.2 Å². The van der Waals surface area contributed by atoms with E-state index in [1.807, 2.05) is 0 Å². The normalized spacial score (nSPS) is 17.8. The number of carbonyl (C=O) groups is 1. The molecule has 1 heterocycles. The summed E-state index contributed by atoms with van der Waals surface area (Å²) in [7, 11) is 0. The van der Waals surface area contributed by atoms with Crippen LogP contribution < -0.4 is 0 Å². The first kappa shape index (κ1) is 3.19. The maximum absolute atomic E-state index is 9.86. The van der Waals surface area contributed by atoms with Crippen LogP contribution in [0.1, 0.15) is 0 Å². The van der Waals surface area contributed by atoms with Crippen LogP contribution in [0.25, 0.3) is 0 Å². The lowest BCUT2D eigenvalue weighted by atomic mass is 10.3. The highest BCUT2D eigenvalue weighted by atomic mass is 16.1.